The molecule has 0 heterocycles. The van der Waals surface area contributed by atoms with Gasteiger partial charge in [0.1, 0.15) is 37.1 Å². The van der Waals surface area contributed by atoms with Crippen molar-refractivity contribution in [3.8, 4) is 47.4 Å². The standard InChI is InChI=1S/C35H53O18P3/c1-3-5-7-9-11-12-13-14-15-16-18-20-22-24-32(37)50-28(26-48-31(36)23-21-19-17-10-8-6-4-2)27-49-56(46,47)52-29-25-30(51-54(40,41)42)35(34(39)33(29)38)53-55(43,44)45/h28-30,33-35,38-39H,3,5,7,9,11-16,18,20,22,24-27H2,1-2H3,(H,46,47)(H2,40,41,42)(H2,43,44,45)/t28-,29?,30+,33?,34?,35?/m0/s1. The van der Waals surface area contributed by atoms with Gasteiger partial charge in [-0.05, 0) is 48.9 Å². The lowest BCUT2D eigenvalue weighted by Crippen LogP contribution is -2.57. The van der Waals surface area contributed by atoms with Gasteiger partial charge in [-0.3, -0.25) is 22.9 Å². The van der Waals surface area contributed by atoms with Crippen molar-refractivity contribution in [3.63, 3.8) is 0 Å². The van der Waals surface area contributed by atoms with Crippen LogP contribution in [0.4, 0.5) is 0 Å². The van der Waals surface area contributed by atoms with Crippen LogP contribution in [0.5, 0.6) is 0 Å². The maximum Gasteiger partial charge on any atom is 0.472 e. The molecule has 7 N–H and O–H groups in total. The van der Waals surface area contributed by atoms with E-state index >= 15 is 0 Å². The zero-order valence-electron chi connectivity index (χ0n) is 31.4. The molecule has 0 amide bonds. The molecule has 1 saturated carbocycles. The number of rotatable bonds is 26. The van der Waals surface area contributed by atoms with Gasteiger partial charge in [0, 0.05) is 18.8 Å². The van der Waals surface area contributed by atoms with Crippen LogP contribution in [0.2, 0.25) is 0 Å². The second-order valence-electron chi connectivity index (χ2n) is 12.6. The second-order valence-corrected chi connectivity index (χ2v) is 16.4. The highest BCUT2D eigenvalue weighted by molar-refractivity contribution is 7.47. The molecule has 1 fully saturated rings. The molecule has 0 aromatic rings. The van der Waals surface area contributed by atoms with E-state index in [0.29, 0.717) is 6.42 Å². The Labute approximate surface area is 327 Å². The van der Waals surface area contributed by atoms with Crippen molar-refractivity contribution in [3.05, 3.63) is 0 Å². The molecule has 0 aliphatic heterocycles. The summed E-state index contributed by atoms with van der Waals surface area (Å²) in [5.41, 5.74) is 0. The first-order chi connectivity index (χ1) is 26.4. The van der Waals surface area contributed by atoms with Gasteiger partial charge in [-0.1, -0.05) is 89.9 Å². The van der Waals surface area contributed by atoms with Crippen LogP contribution in [-0.4, -0.2) is 96.5 Å². The van der Waals surface area contributed by atoms with Crippen molar-refractivity contribution in [2.75, 3.05) is 13.2 Å². The van der Waals surface area contributed by atoms with Crippen LogP contribution in [0, 0.1) is 47.4 Å². The van der Waals surface area contributed by atoms with Crippen LogP contribution in [0.3, 0.4) is 0 Å². The smallest absolute Gasteiger partial charge is 0.456 e. The number of phosphoric acid groups is 3. The molecule has 316 valence electrons. The highest BCUT2D eigenvalue weighted by atomic mass is 31.2. The molecular weight excluding hydrogens is 801 g/mol. The molecule has 21 heteroatoms. The fourth-order valence-corrected chi connectivity index (χ4v) is 7.42. The van der Waals surface area contributed by atoms with Gasteiger partial charge in [-0.15, -0.1) is 0 Å². The molecule has 0 aromatic heterocycles. The van der Waals surface area contributed by atoms with Gasteiger partial charge >= 0.3 is 35.4 Å². The molecule has 1 rings (SSSR count). The number of phosphoric ester groups is 3. The summed E-state index contributed by atoms with van der Waals surface area (Å²) < 4.78 is 64.7. The Morgan fingerprint density at radius 2 is 1.18 bits per heavy atom. The number of aliphatic hydroxyl groups is 2. The van der Waals surface area contributed by atoms with E-state index in [0.717, 1.165) is 32.1 Å². The van der Waals surface area contributed by atoms with Gasteiger partial charge in [0.25, 0.3) is 0 Å². The summed E-state index contributed by atoms with van der Waals surface area (Å²) in [6.07, 6.45) is 0.828. The van der Waals surface area contributed by atoms with Crippen molar-refractivity contribution in [2.45, 2.75) is 147 Å². The van der Waals surface area contributed by atoms with Crippen LogP contribution in [-0.2, 0) is 50.9 Å². The van der Waals surface area contributed by atoms with Gasteiger partial charge in [0.2, 0.25) is 0 Å². The molecular formula is C35H53O18P3. The Morgan fingerprint density at radius 3 is 1.71 bits per heavy atom. The summed E-state index contributed by atoms with van der Waals surface area (Å²) in [7, 11) is -16.1. The van der Waals surface area contributed by atoms with Gasteiger partial charge in [0.05, 0.1) is 6.61 Å². The van der Waals surface area contributed by atoms with Crippen LogP contribution < -0.4 is 0 Å². The van der Waals surface area contributed by atoms with E-state index in [2.05, 4.69) is 63.3 Å². The summed E-state index contributed by atoms with van der Waals surface area (Å²) in [5.74, 6) is 16.8. The number of carbonyl (C=O) groups excluding carboxylic acids is 2. The van der Waals surface area contributed by atoms with Crippen molar-refractivity contribution in [1.82, 2.24) is 0 Å². The monoisotopic (exact) mass is 854 g/mol. The minimum Gasteiger partial charge on any atom is -0.456 e. The number of unbranched alkanes of at least 4 members (excludes halogenated alkanes) is 12. The Bertz CT molecular complexity index is 1610. The number of aliphatic hydroxyl groups excluding tert-OH is 2. The number of ether oxygens (including phenoxy) is 2. The predicted octanol–water partition coefficient (Wildman–Crippen LogP) is 3.54. The third-order valence-corrected chi connectivity index (χ3v) is 9.98. The van der Waals surface area contributed by atoms with Crippen molar-refractivity contribution >= 4 is 35.4 Å². The Morgan fingerprint density at radius 1 is 0.661 bits per heavy atom. The Hall–Kier alpha value is -2.57. The van der Waals surface area contributed by atoms with Crippen LogP contribution in [0.25, 0.3) is 0 Å². The SMILES string of the molecule is CC#CC#CC#CC#CC(=O)OC[C@@H](COP(=O)(O)OC1C[C@@H](OP(=O)(O)O)C(OP(=O)(O)O)C(O)C1O)OC(=O)CCCCCCCCCCCCCCC. The van der Waals surface area contributed by atoms with E-state index in [-0.39, 0.29) is 6.42 Å². The van der Waals surface area contributed by atoms with Crippen molar-refractivity contribution in [2.24, 2.45) is 0 Å². The first kappa shape index (κ1) is 51.4. The van der Waals surface area contributed by atoms with Crippen LogP contribution >= 0.6 is 23.5 Å². The first-order valence-electron chi connectivity index (χ1n) is 18.2. The van der Waals surface area contributed by atoms with E-state index in [1.165, 1.54) is 44.9 Å². The Balaban J connectivity index is 2.84. The van der Waals surface area contributed by atoms with Gasteiger partial charge in [0.15, 0.2) is 6.10 Å². The summed E-state index contributed by atoms with van der Waals surface area (Å²) in [4.78, 5) is 72.0. The fourth-order valence-electron chi connectivity index (χ4n) is 5.31. The van der Waals surface area contributed by atoms with Crippen LogP contribution in [0.15, 0.2) is 0 Å². The maximum atomic E-state index is 12.9. The summed E-state index contributed by atoms with van der Waals surface area (Å²) in [6, 6.07) is 0. The van der Waals surface area contributed by atoms with E-state index in [9.17, 15) is 48.2 Å². The molecule has 56 heavy (non-hydrogen) atoms. The molecule has 7 atom stereocenters. The lowest BCUT2D eigenvalue weighted by molar-refractivity contribution is -0.168. The topological polar surface area (TPSA) is 282 Å². The van der Waals surface area contributed by atoms with Crippen LogP contribution in [0.1, 0.15) is 110 Å². The third kappa shape index (κ3) is 25.6. The van der Waals surface area contributed by atoms with Crippen molar-refractivity contribution < 1.29 is 85.5 Å². The minimum atomic E-state index is -5.42. The normalized spacial score (nSPS) is 20.9. The van der Waals surface area contributed by atoms with Gasteiger partial charge in [-0.25, -0.2) is 18.5 Å². The van der Waals surface area contributed by atoms with Gasteiger partial charge < -0.3 is 44.2 Å². The number of esters is 2. The third-order valence-electron chi connectivity index (χ3n) is 7.91. The summed E-state index contributed by atoms with van der Waals surface area (Å²) in [6.45, 7) is 2.14. The predicted molar refractivity (Wildman–Crippen MR) is 199 cm³/mol. The average molecular weight is 855 g/mol. The quantitative estimate of drug-likeness (QED) is 0.0215. The molecule has 0 radical (unpaired) electrons. The molecule has 0 saturated heterocycles. The molecule has 0 spiro atoms. The van der Waals surface area contributed by atoms with Gasteiger partial charge in [-0.2, -0.15) is 0 Å². The minimum absolute atomic E-state index is 0.0285. The molecule has 0 bridgehead atoms. The van der Waals surface area contributed by atoms with E-state index in [1.807, 2.05) is 0 Å². The lowest BCUT2D eigenvalue weighted by Gasteiger charge is -2.41. The second kappa shape index (κ2) is 28.0. The molecule has 1 aliphatic rings. The van der Waals surface area contributed by atoms with E-state index in [4.69, 9.17) is 28.3 Å². The summed E-state index contributed by atoms with van der Waals surface area (Å²) >= 11 is 0. The molecule has 5 unspecified atom stereocenters. The highest BCUT2D eigenvalue weighted by Gasteiger charge is 2.51. The lowest BCUT2D eigenvalue weighted by atomic mass is 9.87. The number of hydrogen-bond acceptors (Lipinski definition) is 13. The Kier molecular flexibility index (Phi) is 25.7. The zero-order chi connectivity index (χ0) is 42.0. The fraction of sp³-hybridized carbons (Fsp3) is 0.714. The zero-order valence-corrected chi connectivity index (χ0v) is 34.1. The van der Waals surface area contributed by atoms with E-state index in [1.54, 1.807) is 6.92 Å². The highest BCUT2D eigenvalue weighted by Crippen LogP contribution is 2.51. The van der Waals surface area contributed by atoms with E-state index < -0.39 is 91.7 Å². The molecule has 18 nitrogen and oxygen atoms in total. The molecule has 1 aliphatic carbocycles. The molecule has 0 aromatic carbocycles. The maximum absolute atomic E-state index is 12.9. The number of hydrogen-bond donors (Lipinski definition) is 7. The largest absolute Gasteiger partial charge is 0.472 e. The van der Waals surface area contributed by atoms with Crippen molar-refractivity contribution in [1.29, 1.82) is 0 Å². The summed E-state index contributed by atoms with van der Waals surface area (Å²) in [5, 5.41) is 20.9. The number of carbonyl (C=O) groups is 2. The first-order valence-corrected chi connectivity index (χ1v) is 22.7. The average Bonchev–Trinajstić information content (AvgIpc) is 3.10.